The summed E-state index contributed by atoms with van der Waals surface area (Å²) in [5.41, 5.74) is 2.02. The lowest BCUT2D eigenvalue weighted by molar-refractivity contribution is -0.131. The molecule has 0 radical (unpaired) electrons. The molecule has 0 amide bonds. The molecule has 0 N–H and O–H groups in total. The highest BCUT2D eigenvalue weighted by Crippen LogP contribution is 2.40. The number of ether oxygens (including phenoxy) is 2. The number of fused-ring (bicyclic) bond motifs is 2. The molecule has 2 aromatic rings. The minimum atomic E-state index is -0.317. The maximum Gasteiger partial charge on any atom is 0.308 e. The van der Waals surface area contributed by atoms with Gasteiger partial charge in [0.15, 0.2) is 0 Å². The molecule has 0 aromatic heterocycles. The number of hydrogen-bond donors (Lipinski definition) is 0. The van der Waals surface area contributed by atoms with E-state index in [4.69, 9.17) is 9.47 Å². The molecule has 2 aromatic carbocycles. The van der Waals surface area contributed by atoms with Crippen LogP contribution in [0.4, 0.5) is 0 Å². The lowest BCUT2D eigenvalue weighted by Gasteiger charge is -2.21. The van der Waals surface area contributed by atoms with Crippen LogP contribution in [0.5, 0.6) is 17.2 Å². The summed E-state index contributed by atoms with van der Waals surface area (Å²) in [6, 6.07) is 13.4. The first kappa shape index (κ1) is 10.8. The number of carbonyl (C=O) groups excluding carboxylic acids is 1. The second-order valence-electron chi connectivity index (χ2n) is 4.21. The monoisotopic (exact) mass is 240 g/mol. The standard InChI is InChI=1S/C15H12O3/c1-10(16)17-14-7-4-8-15-12(14)9-11-5-2-3-6-13(11)18-15/h2-8H,9H2,1H3. The molecule has 0 saturated heterocycles. The Morgan fingerprint density at radius 2 is 1.89 bits per heavy atom. The summed E-state index contributed by atoms with van der Waals surface area (Å²) in [7, 11) is 0. The van der Waals surface area contributed by atoms with E-state index < -0.39 is 0 Å². The predicted molar refractivity (Wildman–Crippen MR) is 67.1 cm³/mol. The number of rotatable bonds is 1. The molecule has 18 heavy (non-hydrogen) atoms. The van der Waals surface area contributed by atoms with Crippen molar-refractivity contribution in [3.8, 4) is 17.2 Å². The molecular formula is C15H12O3. The van der Waals surface area contributed by atoms with Gasteiger partial charge in [0.1, 0.15) is 17.2 Å². The fraction of sp³-hybridized carbons (Fsp3) is 0.133. The van der Waals surface area contributed by atoms with Gasteiger partial charge in [0.25, 0.3) is 0 Å². The van der Waals surface area contributed by atoms with E-state index >= 15 is 0 Å². The third-order valence-corrected chi connectivity index (χ3v) is 2.90. The third kappa shape index (κ3) is 1.84. The first-order valence-electron chi connectivity index (χ1n) is 5.80. The average Bonchev–Trinajstić information content (AvgIpc) is 2.36. The summed E-state index contributed by atoms with van der Waals surface area (Å²) >= 11 is 0. The van der Waals surface area contributed by atoms with Crippen LogP contribution >= 0.6 is 0 Å². The highest BCUT2D eigenvalue weighted by Gasteiger charge is 2.20. The summed E-state index contributed by atoms with van der Waals surface area (Å²) in [6.07, 6.45) is 0.717. The average molecular weight is 240 g/mol. The van der Waals surface area contributed by atoms with Crippen molar-refractivity contribution in [1.29, 1.82) is 0 Å². The summed E-state index contributed by atoms with van der Waals surface area (Å²) in [5, 5.41) is 0. The van der Waals surface area contributed by atoms with Gasteiger partial charge in [-0.05, 0) is 23.8 Å². The van der Waals surface area contributed by atoms with Gasteiger partial charge in [-0.25, -0.2) is 0 Å². The van der Waals surface area contributed by atoms with E-state index in [0.29, 0.717) is 5.75 Å². The van der Waals surface area contributed by atoms with Crippen molar-refractivity contribution in [2.45, 2.75) is 13.3 Å². The van der Waals surface area contributed by atoms with Crippen LogP contribution < -0.4 is 9.47 Å². The molecular weight excluding hydrogens is 228 g/mol. The van der Waals surface area contributed by atoms with Crippen molar-refractivity contribution in [2.75, 3.05) is 0 Å². The van der Waals surface area contributed by atoms with Gasteiger partial charge in [-0.15, -0.1) is 0 Å². The van der Waals surface area contributed by atoms with Crippen LogP contribution in [0.2, 0.25) is 0 Å². The van der Waals surface area contributed by atoms with Crippen LogP contribution in [0.3, 0.4) is 0 Å². The highest BCUT2D eigenvalue weighted by molar-refractivity contribution is 5.70. The van der Waals surface area contributed by atoms with Crippen LogP contribution in [-0.4, -0.2) is 5.97 Å². The molecule has 1 aliphatic heterocycles. The number of carbonyl (C=O) groups is 1. The lowest BCUT2D eigenvalue weighted by Crippen LogP contribution is -2.08. The van der Waals surface area contributed by atoms with Gasteiger partial charge in [-0.1, -0.05) is 24.3 Å². The molecule has 0 spiro atoms. The van der Waals surface area contributed by atoms with Gasteiger partial charge < -0.3 is 9.47 Å². The Hall–Kier alpha value is -2.29. The maximum atomic E-state index is 11.1. The second-order valence-corrected chi connectivity index (χ2v) is 4.21. The number of para-hydroxylation sites is 1. The van der Waals surface area contributed by atoms with Crippen LogP contribution in [-0.2, 0) is 11.2 Å². The summed E-state index contributed by atoms with van der Waals surface area (Å²) in [5.74, 6) is 1.88. The van der Waals surface area contributed by atoms with Gasteiger partial charge in [0.05, 0.1) is 0 Å². The first-order chi connectivity index (χ1) is 8.74. The molecule has 1 aliphatic rings. The normalized spacial score (nSPS) is 12.1. The van der Waals surface area contributed by atoms with E-state index in [0.717, 1.165) is 29.0 Å². The third-order valence-electron chi connectivity index (χ3n) is 2.90. The molecule has 0 saturated carbocycles. The predicted octanol–water partition coefficient (Wildman–Crippen LogP) is 3.31. The van der Waals surface area contributed by atoms with Crippen molar-refractivity contribution >= 4 is 5.97 Å². The summed E-state index contributed by atoms with van der Waals surface area (Å²) in [4.78, 5) is 11.1. The maximum absolute atomic E-state index is 11.1. The summed E-state index contributed by atoms with van der Waals surface area (Å²) in [6.45, 7) is 1.40. The summed E-state index contributed by atoms with van der Waals surface area (Å²) < 4.78 is 11.0. The van der Waals surface area contributed by atoms with Crippen molar-refractivity contribution < 1.29 is 14.3 Å². The Balaban J connectivity index is 2.04. The van der Waals surface area contributed by atoms with Crippen LogP contribution in [0.1, 0.15) is 18.1 Å². The Bertz CT molecular complexity index is 617. The number of benzene rings is 2. The minimum Gasteiger partial charge on any atom is -0.457 e. The molecule has 3 nitrogen and oxygen atoms in total. The van der Waals surface area contributed by atoms with E-state index in [1.54, 1.807) is 6.07 Å². The van der Waals surface area contributed by atoms with E-state index in [9.17, 15) is 4.79 Å². The molecule has 3 rings (SSSR count). The second kappa shape index (κ2) is 4.18. The Kier molecular flexibility index (Phi) is 2.52. The van der Waals surface area contributed by atoms with Crippen LogP contribution in [0.15, 0.2) is 42.5 Å². The highest BCUT2D eigenvalue weighted by atomic mass is 16.5. The SMILES string of the molecule is CC(=O)Oc1cccc2c1Cc1ccccc1O2. The molecule has 0 fully saturated rings. The molecule has 0 bridgehead atoms. The van der Waals surface area contributed by atoms with Crippen molar-refractivity contribution in [1.82, 2.24) is 0 Å². The molecule has 0 unspecified atom stereocenters. The van der Waals surface area contributed by atoms with Gasteiger partial charge in [-0.3, -0.25) is 4.79 Å². The Morgan fingerprint density at radius 1 is 1.11 bits per heavy atom. The molecule has 90 valence electrons. The van der Waals surface area contributed by atoms with E-state index in [-0.39, 0.29) is 5.97 Å². The van der Waals surface area contributed by atoms with Gasteiger partial charge in [0, 0.05) is 18.9 Å². The Morgan fingerprint density at radius 3 is 2.72 bits per heavy atom. The van der Waals surface area contributed by atoms with Crippen molar-refractivity contribution in [3.63, 3.8) is 0 Å². The minimum absolute atomic E-state index is 0.317. The van der Waals surface area contributed by atoms with Crippen molar-refractivity contribution in [3.05, 3.63) is 53.6 Å². The zero-order valence-corrected chi connectivity index (χ0v) is 9.97. The largest absolute Gasteiger partial charge is 0.457 e. The number of hydrogen-bond acceptors (Lipinski definition) is 3. The topological polar surface area (TPSA) is 35.5 Å². The first-order valence-corrected chi connectivity index (χ1v) is 5.80. The molecule has 0 atom stereocenters. The molecule has 0 aliphatic carbocycles. The van der Waals surface area contributed by atoms with E-state index in [1.165, 1.54) is 6.92 Å². The Labute approximate surface area is 105 Å². The quantitative estimate of drug-likeness (QED) is 0.483. The lowest BCUT2D eigenvalue weighted by atomic mass is 9.99. The molecule has 1 heterocycles. The van der Waals surface area contributed by atoms with E-state index in [1.807, 2.05) is 36.4 Å². The fourth-order valence-corrected chi connectivity index (χ4v) is 2.12. The van der Waals surface area contributed by atoms with Crippen LogP contribution in [0.25, 0.3) is 0 Å². The van der Waals surface area contributed by atoms with Crippen LogP contribution in [0, 0.1) is 0 Å². The zero-order valence-electron chi connectivity index (χ0n) is 9.97. The molecule has 3 heteroatoms. The fourth-order valence-electron chi connectivity index (χ4n) is 2.12. The van der Waals surface area contributed by atoms with Gasteiger partial charge in [-0.2, -0.15) is 0 Å². The smallest absolute Gasteiger partial charge is 0.308 e. The zero-order chi connectivity index (χ0) is 12.5. The van der Waals surface area contributed by atoms with Crippen molar-refractivity contribution in [2.24, 2.45) is 0 Å². The van der Waals surface area contributed by atoms with Gasteiger partial charge in [0.2, 0.25) is 0 Å². The van der Waals surface area contributed by atoms with E-state index in [2.05, 4.69) is 0 Å². The number of esters is 1. The van der Waals surface area contributed by atoms with Gasteiger partial charge >= 0.3 is 5.97 Å².